The topological polar surface area (TPSA) is 41.6 Å². The molecule has 2 atom stereocenters. The van der Waals surface area contributed by atoms with Gasteiger partial charge in [-0.1, -0.05) is 54.1 Å². The molecule has 2 aromatic rings. The monoisotopic (exact) mass is 378 g/mol. The summed E-state index contributed by atoms with van der Waals surface area (Å²) in [5.41, 5.74) is 5.30. The van der Waals surface area contributed by atoms with Crippen LogP contribution in [0.2, 0.25) is 0 Å². The number of rotatable bonds is 6. The van der Waals surface area contributed by atoms with Crippen LogP contribution < -0.4 is 5.32 Å². The van der Waals surface area contributed by atoms with Crippen molar-refractivity contribution in [3.8, 4) is 0 Å². The van der Waals surface area contributed by atoms with Gasteiger partial charge in [0.2, 0.25) is 5.91 Å². The maximum atomic E-state index is 12.7. The zero-order valence-electron chi connectivity index (χ0n) is 16.7. The fraction of sp³-hybridized carbons (Fsp3) is 0.458. The summed E-state index contributed by atoms with van der Waals surface area (Å²) >= 11 is 0. The van der Waals surface area contributed by atoms with E-state index in [0.29, 0.717) is 18.9 Å². The van der Waals surface area contributed by atoms with E-state index in [2.05, 4.69) is 65.7 Å². The van der Waals surface area contributed by atoms with Crippen molar-refractivity contribution in [3.05, 3.63) is 70.8 Å². The molecule has 0 radical (unpaired) electrons. The van der Waals surface area contributed by atoms with Crippen LogP contribution in [0.1, 0.15) is 47.1 Å². The van der Waals surface area contributed by atoms with Crippen molar-refractivity contribution in [3.63, 3.8) is 0 Å². The third-order valence-electron chi connectivity index (χ3n) is 6.09. The molecule has 1 fully saturated rings. The highest BCUT2D eigenvalue weighted by molar-refractivity contribution is 5.77. The zero-order valence-corrected chi connectivity index (χ0v) is 16.7. The van der Waals surface area contributed by atoms with Gasteiger partial charge in [0.05, 0.1) is 19.3 Å². The van der Waals surface area contributed by atoms with Crippen molar-refractivity contribution < 1.29 is 9.53 Å². The first-order chi connectivity index (χ1) is 13.7. The maximum Gasteiger partial charge on any atom is 0.220 e. The van der Waals surface area contributed by atoms with Gasteiger partial charge >= 0.3 is 0 Å². The van der Waals surface area contributed by atoms with E-state index in [0.717, 1.165) is 39.1 Å². The normalized spacial score (nSPS) is 20.5. The SMILES string of the molecule is Cc1cccc(C(CNC(=O)CC2CCc3ccccc32)N2CCOCC2)c1. The minimum atomic E-state index is 0.160. The van der Waals surface area contributed by atoms with E-state index in [1.165, 1.54) is 22.3 Å². The van der Waals surface area contributed by atoms with Gasteiger partial charge in [-0.3, -0.25) is 9.69 Å². The Hall–Kier alpha value is -2.17. The van der Waals surface area contributed by atoms with Crippen molar-refractivity contribution in [2.75, 3.05) is 32.8 Å². The Balaban J connectivity index is 1.40. The van der Waals surface area contributed by atoms with Gasteiger partial charge in [-0.25, -0.2) is 0 Å². The molecule has 2 aromatic carbocycles. The Bertz CT molecular complexity index is 814. The van der Waals surface area contributed by atoms with Gasteiger partial charge in [0.1, 0.15) is 0 Å². The molecule has 0 spiro atoms. The highest BCUT2D eigenvalue weighted by atomic mass is 16.5. The average molecular weight is 379 g/mol. The summed E-state index contributed by atoms with van der Waals surface area (Å²) < 4.78 is 5.53. The number of hydrogen-bond donors (Lipinski definition) is 1. The molecule has 2 aliphatic rings. The quantitative estimate of drug-likeness (QED) is 0.835. The molecule has 148 valence electrons. The number of nitrogens with zero attached hydrogens (tertiary/aromatic N) is 1. The number of hydrogen-bond acceptors (Lipinski definition) is 3. The Morgan fingerprint density at radius 1 is 1.18 bits per heavy atom. The predicted molar refractivity (Wildman–Crippen MR) is 111 cm³/mol. The second-order valence-corrected chi connectivity index (χ2v) is 8.02. The molecule has 1 aliphatic carbocycles. The minimum absolute atomic E-state index is 0.160. The lowest BCUT2D eigenvalue weighted by atomic mass is 9.97. The molecule has 0 bridgehead atoms. The van der Waals surface area contributed by atoms with Crippen molar-refractivity contribution in [2.45, 2.75) is 38.1 Å². The Morgan fingerprint density at radius 3 is 2.82 bits per heavy atom. The molecule has 4 rings (SSSR count). The molecule has 1 amide bonds. The molecule has 4 nitrogen and oxygen atoms in total. The van der Waals surface area contributed by atoms with Gasteiger partial charge in [-0.05, 0) is 42.4 Å². The van der Waals surface area contributed by atoms with Crippen LogP contribution in [0, 0.1) is 6.92 Å². The van der Waals surface area contributed by atoms with Gasteiger partial charge in [0.25, 0.3) is 0 Å². The molecule has 1 N–H and O–H groups in total. The summed E-state index contributed by atoms with van der Waals surface area (Å²) in [5, 5.41) is 3.23. The van der Waals surface area contributed by atoms with Crippen LogP contribution in [-0.2, 0) is 16.0 Å². The first-order valence-corrected chi connectivity index (χ1v) is 10.4. The van der Waals surface area contributed by atoms with Gasteiger partial charge < -0.3 is 10.1 Å². The van der Waals surface area contributed by atoms with E-state index < -0.39 is 0 Å². The van der Waals surface area contributed by atoms with Gasteiger partial charge in [0.15, 0.2) is 0 Å². The first kappa shape index (κ1) is 19.2. The molecule has 1 aliphatic heterocycles. The fourth-order valence-electron chi connectivity index (χ4n) is 4.59. The Labute approximate surface area is 167 Å². The predicted octanol–water partition coefficient (Wildman–Crippen LogP) is 3.60. The van der Waals surface area contributed by atoms with Crippen LogP contribution in [0.3, 0.4) is 0 Å². The van der Waals surface area contributed by atoms with E-state index >= 15 is 0 Å². The van der Waals surface area contributed by atoms with Crippen molar-refractivity contribution in [1.29, 1.82) is 0 Å². The summed E-state index contributed by atoms with van der Waals surface area (Å²) in [6, 6.07) is 17.4. The number of morpholine rings is 1. The molecule has 1 saturated heterocycles. The lowest BCUT2D eigenvalue weighted by Gasteiger charge is -2.35. The molecule has 0 aromatic heterocycles. The number of fused-ring (bicyclic) bond motifs is 1. The summed E-state index contributed by atoms with van der Waals surface area (Å²) in [4.78, 5) is 15.2. The number of ether oxygens (including phenoxy) is 1. The van der Waals surface area contributed by atoms with Crippen LogP contribution in [-0.4, -0.2) is 43.7 Å². The summed E-state index contributed by atoms with van der Waals surface area (Å²) in [7, 11) is 0. The van der Waals surface area contributed by atoms with Crippen LogP contribution in [0.5, 0.6) is 0 Å². The largest absolute Gasteiger partial charge is 0.379 e. The van der Waals surface area contributed by atoms with Crippen LogP contribution in [0.25, 0.3) is 0 Å². The van der Waals surface area contributed by atoms with Crippen LogP contribution in [0.15, 0.2) is 48.5 Å². The summed E-state index contributed by atoms with van der Waals surface area (Å²) in [5.74, 6) is 0.518. The second kappa shape index (κ2) is 8.89. The number of aryl methyl sites for hydroxylation is 2. The number of carbonyl (C=O) groups is 1. The molecule has 0 saturated carbocycles. The number of benzene rings is 2. The Morgan fingerprint density at radius 2 is 2.00 bits per heavy atom. The van der Waals surface area contributed by atoms with Crippen LogP contribution in [0.4, 0.5) is 0 Å². The number of carbonyl (C=O) groups excluding carboxylic acids is 1. The fourth-order valence-corrected chi connectivity index (χ4v) is 4.59. The van der Waals surface area contributed by atoms with Crippen molar-refractivity contribution >= 4 is 5.91 Å². The Kier molecular flexibility index (Phi) is 6.08. The molecule has 28 heavy (non-hydrogen) atoms. The molecule has 1 heterocycles. The van der Waals surface area contributed by atoms with E-state index in [-0.39, 0.29) is 11.9 Å². The van der Waals surface area contributed by atoms with E-state index in [4.69, 9.17) is 4.74 Å². The lowest BCUT2D eigenvalue weighted by Crippen LogP contribution is -2.44. The number of nitrogens with one attached hydrogen (secondary N) is 1. The van der Waals surface area contributed by atoms with Crippen LogP contribution >= 0.6 is 0 Å². The van der Waals surface area contributed by atoms with Gasteiger partial charge in [0, 0.05) is 26.1 Å². The standard InChI is InChI=1S/C24H30N2O2/c1-18-5-4-7-21(15-18)23(26-11-13-28-14-12-26)17-25-24(27)16-20-10-9-19-6-2-3-8-22(19)20/h2-8,15,20,23H,9-14,16-17H2,1H3,(H,25,27). The van der Waals surface area contributed by atoms with E-state index in [1.807, 2.05) is 0 Å². The average Bonchev–Trinajstić information content (AvgIpc) is 3.12. The lowest BCUT2D eigenvalue weighted by molar-refractivity contribution is -0.121. The third kappa shape index (κ3) is 4.45. The number of amides is 1. The first-order valence-electron chi connectivity index (χ1n) is 10.4. The summed E-state index contributed by atoms with van der Waals surface area (Å²) in [6.07, 6.45) is 2.76. The highest BCUT2D eigenvalue weighted by Crippen LogP contribution is 2.35. The highest BCUT2D eigenvalue weighted by Gasteiger charge is 2.26. The van der Waals surface area contributed by atoms with Gasteiger partial charge in [-0.15, -0.1) is 0 Å². The maximum absolute atomic E-state index is 12.7. The molecule has 2 unspecified atom stereocenters. The van der Waals surface area contributed by atoms with E-state index in [1.54, 1.807) is 0 Å². The van der Waals surface area contributed by atoms with Gasteiger partial charge in [-0.2, -0.15) is 0 Å². The zero-order chi connectivity index (χ0) is 19.3. The van der Waals surface area contributed by atoms with Crippen molar-refractivity contribution in [1.82, 2.24) is 10.2 Å². The van der Waals surface area contributed by atoms with Crippen molar-refractivity contribution in [2.24, 2.45) is 0 Å². The summed E-state index contributed by atoms with van der Waals surface area (Å²) in [6.45, 7) is 6.10. The third-order valence-corrected chi connectivity index (χ3v) is 6.09. The molecular formula is C24H30N2O2. The smallest absolute Gasteiger partial charge is 0.220 e. The molecular weight excluding hydrogens is 348 g/mol. The minimum Gasteiger partial charge on any atom is -0.379 e. The van der Waals surface area contributed by atoms with E-state index in [9.17, 15) is 4.79 Å². The second-order valence-electron chi connectivity index (χ2n) is 8.02. The molecule has 4 heteroatoms.